The van der Waals surface area contributed by atoms with Crippen LogP contribution in [0.15, 0.2) is 12.1 Å². The normalized spacial score (nSPS) is 15.8. The lowest BCUT2D eigenvalue weighted by Crippen LogP contribution is -2.36. The maximum atomic E-state index is 5.88. The molecule has 0 amide bonds. The van der Waals surface area contributed by atoms with Crippen molar-refractivity contribution in [1.82, 2.24) is 4.90 Å². The zero-order valence-electron chi connectivity index (χ0n) is 14.2. The third-order valence-corrected chi connectivity index (χ3v) is 4.05. The van der Waals surface area contributed by atoms with E-state index in [4.69, 9.17) is 14.2 Å². The summed E-state index contributed by atoms with van der Waals surface area (Å²) in [6, 6.07) is 4.23. The molecule has 0 saturated carbocycles. The van der Waals surface area contributed by atoms with Gasteiger partial charge in [-0.3, -0.25) is 4.90 Å². The topological polar surface area (TPSA) is 30.9 Å². The predicted molar refractivity (Wildman–Crippen MR) is 89.1 cm³/mol. The van der Waals surface area contributed by atoms with Crippen LogP contribution in [0.25, 0.3) is 0 Å². The van der Waals surface area contributed by atoms with Gasteiger partial charge in [0, 0.05) is 18.7 Å². The molecule has 1 aliphatic rings. The van der Waals surface area contributed by atoms with Gasteiger partial charge in [-0.05, 0) is 51.8 Å². The SMILES string of the molecule is CCOc1ccc(CCCN2CCOCC2)c(OCC)c1C. The molecule has 0 radical (unpaired) electrons. The zero-order valence-corrected chi connectivity index (χ0v) is 14.2. The van der Waals surface area contributed by atoms with Gasteiger partial charge < -0.3 is 14.2 Å². The Morgan fingerprint density at radius 3 is 2.50 bits per heavy atom. The number of hydrogen-bond donors (Lipinski definition) is 0. The van der Waals surface area contributed by atoms with Crippen molar-refractivity contribution < 1.29 is 14.2 Å². The molecule has 0 aromatic heterocycles. The van der Waals surface area contributed by atoms with Crippen LogP contribution in [0.4, 0.5) is 0 Å². The summed E-state index contributed by atoms with van der Waals surface area (Å²) in [5, 5.41) is 0. The molecule has 1 aliphatic heterocycles. The minimum Gasteiger partial charge on any atom is -0.493 e. The van der Waals surface area contributed by atoms with E-state index in [0.717, 1.165) is 62.8 Å². The average Bonchev–Trinajstić information content (AvgIpc) is 2.54. The molecule has 2 rings (SSSR count). The average molecular weight is 307 g/mol. The Morgan fingerprint density at radius 2 is 1.82 bits per heavy atom. The number of ether oxygens (including phenoxy) is 3. The van der Waals surface area contributed by atoms with Crippen molar-refractivity contribution in [2.45, 2.75) is 33.6 Å². The number of rotatable bonds is 8. The van der Waals surface area contributed by atoms with Crippen LogP contribution in [0, 0.1) is 6.92 Å². The smallest absolute Gasteiger partial charge is 0.129 e. The fourth-order valence-electron chi connectivity index (χ4n) is 2.90. The Kier molecular flexibility index (Phi) is 7.00. The van der Waals surface area contributed by atoms with Gasteiger partial charge >= 0.3 is 0 Å². The maximum absolute atomic E-state index is 5.88. The van der Waals surface area contributed by atoms with Crippen molar-refractivity contribution >= 4 is 0 Å². The third kappa shape index (κ3) is 4.62. The van der Waals surface area contributed by atoms with Crippen molar-refractivity contribution in [3.05, 3.63) is 23.3 Å². The molecule has 0 N–H and O–H groups in total. The van der Waals surface area contributed by atoms with Crippen LogP contribution in [-0.4, -0.2) is 51.0 Å². The van der Waals surface area contributed by atoms with Crippen LogP contribution in [0.5, 0.6) is 11.5 Å². The first kappa shape index (κ1) is 17.1. The van der Waals surface area contributed by atoms with Gasteiger partial charge in [-0.15, -0.1) is 0 Å². The highest BCUT2D eigenvalue weighted by atomic mass is 16.5. The molecule has 22 heavy (non-hydrogen) atoms. The van der Waals surface area contributed by atoms with E-state index in [2.05, 4.69) is 24.0 Å². The fraction of sp³-hybridized carbons (Fsp3) is 0.667. The summed E-state index contributed by atoms with van der Waals surface area (Å²) >= 11 is 0. The summed E-state index contributed by atoms with van der Waals surface area (Å²) in [6.07, 6.45) is 2.19. The quantitative estimate of drug-likeness (QED) is 0.738. The molecule has 1 heterocycles. The van der Waals surface area contributed by atoms with Gasteiger partial charge in [-0.1, -0.05) is 6.07 Å². The molecule has 0 bridgehead atoms. The molecule has 4 heteroatoms. The molecule has 1 aromatic rings. The minimum atomic E-state index is 0.683. The first-order valence-electron chi connectivity index (χ1n) is 8.44. The molecule has 1 aromatic carbocycles. The van der Waals surface area contributed by atoms with E-state index < -0.39 is 0 Å². The Balaban J connectivity index is 1.97. The van der Waals surface area contributed by atoms with E-state index in [-0.39, 0.29) is 0 Å². The number of benzene rings is 1. The van der Waals surface area contributed by atoms with Crippen LogP contribution in [-0.2, 0) is 11.2 Å². The van der Waals surface area contributed by atoms with E-state index in [1.165, 1.54) is 5.56 Å². The summed E-state index contributed by atoms with van der Waals surface area (Å²) in [5.41, 5.74) is 2.41. The van der Waals surface area contributed by atoms with Gasteiger partial charge in [-0.25, -0.2) is 0 Å². The van der Waals surface area contributed by atoms with E-state index in [1.54, 1.807) is 0 Å². The van der Waals surface area contributed by atoms with Gasteiger partial charge in [0.2, 0.25) is 0 Å². The largest absolute Gasteiger partial charge is 0.493 e. The lowest BCUT2D eigenvalue weighted by molar-refractivity contribution is 0.0374. The van der Waals surface area contributed by atoms with E-state index in [9.17, 15) is 0 Å². The van der Waals surface area contributed by atoms with Gasteiger partial charge in [-0.2, -0.15) is 0 Å². The van der Waals surface area contributed by atoms with Gasteiger partial charge in [0.15, 0.2) is 0 Å². The Morgan fingerprint density at radius 1 is 1.09 bits per heavy atom. The molecule has 0 spiro atoms. The highest BCUT2D eigenvalue weighted by Gasteiger charge is 2.14. The molecular formula is C18H29NO3. The number of hydrogen-bond acceptors (Lipinski definition) is 4. The van der Waals surface area contributed by atoms with Crippen LogP contribution >= 0.6 is 0 Å². The van der Waals surface area contributed by atoms with Crippen LogP contribution in [0.1, 0.15) is 31.4 Å². The van der Waals surface area contributed by atoms with Crippen LogP contribution in [0.3, 0.4) is 0 Å². The third-order valence-electron chi connectivity index (χ3n) is 4.05. The summed E-state index contributed by atoms with van der Waals surface area (Å²) in [7, 11) is 0. The molecule has 1 fully saturated rings. The summed E-state index contributed by atoms with van der Waals surface area (Å²) in [4.78, 5) is 2.48. The molecular weight excluding hydrogens is 278 g/mol. The molecule has 0 aliphatic carbocycles. The molecule has 1 saturated heterocycles. The maximum Gasteiger partial charge on any atom is 0.129 e. The highest BCUT2D eigenvalue weighted by molar-refractivity contribution is 5.49. The monoisotopic (exact) mass is 307 g/mol. The van der Waals surface area contributed by atoms with Crippen molar-refractivity contribution in [3.8, 4) is 11.5 Å². The van der Waals surface area contributed by atoms with E-state index >= 15 is 0 Å². The van der Waals surface area contributed by atoms with Crippen LogP contribution < -0.4 is 9.47 Å². The van der Waals surface area contributed by atoms with E-state index in [0.29, 0.717) is 13.2 Å². The minimum absolute atomic E-state index is 0.683. The molecule has 124 valence electrons. The first-order chi connectivity index (χ1) is 10.8. The van der Waals surface area contributed by atoms with Crippen molar-refractivity contribution in [3.63, 3.8) is 0 Å². The number of aryl methyl sites for hydroxylation is 1. The Labute approximate surface area is 134 Å². The zero-order chi connectivity index (χ0) is 15.8. The van der Waals surface area contributed by atoms with Gasteiger partial charge in [0.1, 0.15) is 11.5 Å². The molecule has 4 nitrogen and oxygen atoms in total. The number of nitrogens with zero attached hydrogens (tertiary/aromatic N) is 1. The Bertz CT molecular complexity index is 456. The summed E-state index contributed by atoms with van der Waals surface area (Å²) in [5.74, 6) is 1.94. The molecule has 0 unspecified atom stereocenters. The first-order valence-corrected chi connectivity index (χ1v) is 8.44. The second-order valence-electron chi connectivity index (χ2n) is 5.60. The number of morpholine rings is 1. The van der Waals surface area contributed by atoms with Crippen LogP contribution in [0.2, 0.25) is 0 Å². The highest BCUT2D eigenvalue weighted by Crippen LogP contribution is 2.32. The summed E-state index contributed by atoms with van der Waals surface area (Å²) < 4.78 is 17.0. The van der Waals surface area contributed by atoms with E-state index in [1.807, 2.05) is 13.8 Å². The predicted octanol–water partition coefficient (Wildman–Crippen LogP) is 3.06. The lowest BCUT2D eigenvalue weighted by atomic mass is 10.0. The second kappa shape index (κ2) is 9.01. The Hall–Kier alpha value is -1.26. The van der Waals surface area contributed by atoms with Crippen molar-refractivity contribution in [1.29, 1.82) is 0 Å². The fourth-order valence-corrected chi connectivity index (χ4v) is 2.90. The second-order valence-corrected chi connectivity index (χ2v) is 5.60. The summed E-state index contributed by atoms with van der Waals surface area (Å²) in [6.45, 7) is 12.5. The van der Waals surface area contributed by atoms with Gasteiger partial charge in [0.25, 0.3) is 0 Å². The molecule has 0 atom stereocenters. The van der Waals surface area contributed by atoms with Crippen molar-refractivity contribution in [2.75, 3.05) is 46.1 Å². The standard InChI is InChI=1S/C18H29NO3/c1-4-21-17-9-8-16(18(15(17)3)22-5-2)7-6-10-19-11-13-20-14-12-19/h8-9H,4-7,10-14H2,1-3H3. The van der Waals surface area contributed by atoms with Gasteiger partial charge in [0.05, 0.1) is 26.4 Å². The lowest BCUT2D eigenvalue weighted by Gasteiger charge is -2.26. The van der Waals surface area contributed by atoms with Crippen molar-refractivity contribution in [2.24, 2.45) is 0 Å².